The normalized spacial score (nSPS) is 17.0. The van der Waals surface area contributed by atoms with Crippen molar-refractivity contribution < 1.29 is 17.9 Å². The summed E-state index contributed by atoms with van der Waals surface area (Å²) in [6.45, 7) is 1.82. The fraction of sp³-hybridized carbons (Fsp3) is 0.294. The van der Waals surface area contributed by atoms with E-state index in [1.54, 1.807) is 0 Å². The van der Waals surface area contributed by atoms with Crippen LogP contribution in [0, 0.1) is 12.3 Å². The molecule has 0 saturated carbocycles. The number of benzene rings is 1. The van der Waals surface area contributed by atoms with Crippen LogP contribution in [-0.4, -0.2) is 17.1 Å². The molecule has 0 saturated heterocycles. The minimum absolute atomic E-state index is 0.181. The van der Waals surface area contributed by atoms with Crippen LogP contribution in [0.3, 0.4) is 0 Å². The molecule has 1 aromatic carbocycles. The van der Waals surface area contributed by atoms with E-state index in [4.69, 9.17) is 28.6 Å². The summed E-state index contributed by atoms with van der Waals surface area (Å²) in [5.74, 6) is 0.0266. The molecule has 0 spiro atoms. The van der Waals surface area contributed by atoms with Gasteiger partial charge in [-0.25, -0.2) is 4.98 Å². The van der Waals surface area contributed by atoms with Crippen LogP contribution >= 0.6 is 23.2 Å². The number of aromatic nitrogens is 1. The van der Waals surface area contributed by atoms with Crippen LogP contribution in [-0.2, 0) is 0 Å². The Morgan fingerprint density at radius 3 is 2.69 bits per heavy atom. The summed E-state index contributed by atoms with van der Waals surface area (Å²) in [6.07, 6.45) is -3.57. The van der Waals surface area contributed by atoms with Gasteiger partial charge in [-0.05, 0) is 49.6 Å². The van der Waals surface area contributed by atoms with Gasteiger partial charge >= 0.3 is 6.36 Å². The molecule has 1 heterocycles. The molecule has 138 valence electrons. The number of aryl methyl sites for hydroxylation is 1. The molecule has 4 nitrogen and oxygen atoms in total. The summed E-state index contributed by atoms with van der Waals surface area (Å²) in [7, 11) is 0. The molecule has 0 fully saturated rings. The van der Waals surface area contributed by atoms with Crippen LogP contribution in [0.1, 0.15) is 35.0 Å². The number of ether oxygens (including phenoxy) is 1. The number of hydrogen-bond donors (Lipinski definition) is 2. The monoisotopic (exact) mass is 403 g/mol. The number of nitrogens with zero attached hydrogens (tertiary/aromatic N) is 1. The van der Waals surface area contributed by atoms with Gasteiger partial charge in [0.2, 0.25) is 0 Å². The Balaban J connectivity index is 1.89. The number of hydrogen-bond acceptors (Lipinski definition) is 4. The van der Waals surface area contributed by atoms with Crippen LogP contribution in [0.15, 0.2) is 24.3 Å². The molecule has 1 aliphatic rings. The Hall–Kier alpha value is -1.99. The lowest BCUT2D eigenvalue weighted by atomic mass is 9.92. The molecule has 3 rings (SSSR count). The molecule has 0 aliphatic heterocycles. The van der Waals surface area contributed by atoms with Crippen LogP contribution in [0.25, 0.3) is 0 Å². The summed E-state index contributed by atoms with van der Waals surface area (Å²) in [4.78, 5) is 4.51. The van der Waals surface area contributed by atoms with Gasteiger partial charge in [0.05, 0.1) is 16.1 Å². The summed E-state index contributed by atoms with van der Waals surface area (Å²) in [5.41, 5.74) is 3.09. The standard InChI is InChI=1S/C17H14Cl2F3N3O/c1-8-6-10-13(23)4-3-11(18)15(10)25-16(8)24-9-2-5-14(12(19)7-9)26-17(20,21)22/h2,5-7,11,23H,3-4H2,1H3,(H,24,25). The second kappa shape index (κ2) is 6.96. The summed E-state index contributed by atoms with van der Waals surface area (Å²) in [6, 6.07) is 5.70. The highest BCUT2D eigenvalue weighted by Crippen LogP contribution is 2.37. The zero-order valence-corrected chi connectivity index (χ0v) is 15.1. The minimum Gasteiger partial charge on any atom is -0.404 e. The average molecular weight is 404 g/mol. The number of nitrogens with one attached hydrogen (secondary N) is 2. The van der Waals surface area contributed by atoms with Crippen molar-refractivity contribution in [2.45, 2.75) is 31.5 Å². The van der Waals surface area contributed by atoms with Crippen molar-refractivity contribution in [3.63, 3.8) is 0 Å². The maximum Gasteiger partial charge on any atom is 0.573 e. The molecule has 2 N–H and O–H groups in total. The van der Waals surface area contributed by atoms with E-state index in [1.807, 2.05) is 13.0 Å². The first-order valence-corrected chi connectivity index (χ1v) is 8.51. The molecule has 0 radical (unpaired) electrons. The lowest BCUT2D eigenvalue weighted by Gasteiger charge is -2.22. The topological polar surface area (TPSA) is 58.0 Å². The van der Waals surface area contributed by atoms with Crippen molar-refractivity contribution in [1.29, 1.82) is 5.41 Å². The number of alkyl halides is 4. The molecule has 0 amide bonds. The number of pyridine rings is 1. The third kappa shape index (κ3) is 4.04. The van der Waals surface area contributed by atoms with Crippen LogP contribution in [0.2, 0.25) is 5.02 Å². The molecule has 1 aromatic heterocycles. The van der Waals surface area contributed by atoms with E-state index in [0.29, 0.717) is 35.8 Å². The first kappa shape index (κ1) is 18.8. The maximum absolute atomic E-state index is 12.3. The van der Waals surface area contributed by atoms with Gasteiger partial charge in [0.1, 0.15) is 11.6 Å². The van der Waals surface area contributed by atoms with Gasteiger partial charge in [-0.1, -0.05) is 11.6 Å². The molecule has 1 aliphatic carbocycles. The zero-order chi connectivity index (χ0) is 19.1. The predicted octanol–water partition coefficient (Wildman–Crippen LogP) is 6.13. The van der Waals surface area contributed by atoms with E-state index < -0.39 is 12.1 Å². The van der Waals surface area contributed by atoms with E-state index in [9.17, 15) is 13.2 Å². The lowest BCUT2D eigenvalue weighted by molar-refractivity contribution is -0.274. The van der Waals surface area contributed by atoms with Crippen molar-refractivity contribution in [2.24, 2.45) is 0 Å². The summed E-state index contributed by atoms with van der Waals surface area (Å²) in [5, 5.41) is 10.6. The quantitative estimate of drug-likeness (QED) is 0.606. The number of rotatable bonds is 3. The number of anilines is 2. The van der Waals surface area contributed by atoms with Crippen molar-refractivity contribution in [3.8, 4) is 5.75 Å². The lowest BCUT2D eigenvalue weighted by Crippen LogP contribution is -2.17. The molecule has 1 atom stereocenters. The van der Waals surface area contributed by atoms with Crippen LogP contribution < -0.4 is 10.1 Å². The summed E-state index contributed by atoms with van der Waals surface area (Å²) < 4.78 is 40.8. The molecule has 1 unspecified atom stereocenters. The second-order valence-corrected chi connectivity index (χ2v) is 6.82. The van der Waals surface area contributed by atoms with Gasteiger partial charge in [-0.15, -0.1) is 24.8 Å². The van der Waals surface area contributed by atoms with Crippen LogP contribution in [0.4, 0.5) is 24.7 Å². The Morgan fingerprint density at radius 2 is 2.04 bits per heavy atom. The molecule has 9 heteroatoms. The summed E-state index contributed by atoms with van der Waals surface area (Å²) >= 11 is 12.2. The van der Waals surface area contributed by atoms with Gasteiger partial charge in [0.15, 0.2) is 0 Å². The highest BCUT2D eigenvalue weighted by molar-refractivity contribution is 6.32. The van der Waals surface area contributed by atoms with Crippen molar-refractivity contribution >= 4 is 40.4 Å². The van der Waals surface area contributed by atoms with Gasteiger partial charge in [-0.2, -0.15) is 0 Å². The van der Waals surface area contributed by atoms with E-state index >= 15 is 0 Å². The van der Waals surface area contributed by atoms with E-state index in [2.05, 4.69) is 15.0 Å². The third-order valence-electron chi connectivity index (χ3n) is 3.93. The number of fused-ring (bicyclic) bond motifs is 1. The highest BCUT2D eigenvalue weighted by Gasteiger charge is 2.32. The molecular formula is C17H14Cl2F3N3O. The smallest absolute Gasteiger partial charge is 0.404 e. The van der Waals surface area contributed by atoms with Crippen molar-refractivity contribution in [3.05, 3.63) is 46.1 Å². The highest BCUT2D eigenvalue weighted by atomic mass is 35.5. The Kier molecular flexibility index (Phi) is 5.03. The van der Waals surface area contributed by atoms with Crippen LogP contribution in [0.5, 0.6) is 5.75 Å². The first-order valence-electron chi connectivity index (χ1n) is 7.70. The fourth-order valence-electron chi connectivity index (χ4n) is 2.70. The average Bonchev–Trinajstić information content (AvgIpc) is 2.54. The number of halogens is 5. The second-order valence-electron chi connectivity index (χ2n) is 5.89. The first-order chi connectivity index (χ1) is 12.1. The van der Waals surface area contributed by atoms with Gasteiger partial charge in [-0.3, -0.25) is 0 Å². The Labute approximate surface area is 157 Å². The Bertz CT molecular complexity index is 871. The minimum atomic E-state index is -4.81. The molecule has 2 aromatic rings. The van der Waals surface area contributed by atoms with Crippen molar-refractivity contribution in [2.75, 3.05) is 5.32 Å². The Morgan fingerprint density at radius 1 is 1.31 bits per heavy atom. The zero-order valence-electron chi connectivity index (χ0n) is 13.5. The van der Waals surface area contributed by atoms with E-state index in [1.165, 1.54) is 12.1 Å². The fourth-order valence-corrected chi connectivity index (χ4v) is 3.19. The largest absolute Gasteiger partial charge is 0.573 e. The SMILES string of the molecule is Cc1cc2c(nc1Nc1ccc(OC(F)(F)F)c(Cl)c1)C(Cl)CCC2=N. The van der Waals surface area contributed by atoms with E-state index in [0.717, 1.165) is 17.2 Å². The third-order valence-corrected chi connectivity index (χ3v) is 4.65. The van der Waals surface area contributed by atoms with Gasteiger partial charge in [0.25, 0.3) is 0 Å². The molecule has 0 bridgehead atoms. The van der Waals surface area contributed by atoms with Gasteiger partial charge in [0, 0.05) is 17.0 Å². The van der Waals surface area contributed by atoms with Gasteiger partial charge < -0.3 is 15.5 Å². The molecular weight excluding hydrogens is 390 g/mol. The van der Waals surface area contributed by atoms with Crippen molar-refractivity contribution in [1.82, 2.24) is 4.98 Å². The predicted molar refractivity (Wildman–Crippen MR) is 95.0 cm³/mol. The maximum atomic E-state index is 12.3. The molecule has 26 heavy (non-hydrogen) atoms. The van der Waals surface area contributed by atoms with E-state index in [-0.39, 0.29) is 10.4 Å².